The molecule has 170 valence electrons. The summed E-state index contributed by atoms with van der Waals surface area (Å²) in [6, 6.07) is 0. The quantitative estimate of drug-likeness (QED) is 0.303. The van der Waals surface area contributed by atoms with Crippen molar-refractivity contribution in [2.75, 3.05) is 13.2 Å². The molecular formula is C23H42O6. The molecule has 6 nitrogen and oxygen atoms in total. The van der Waals surface area contributed by atoms with Gasteiger partial charge in [0.2, 0.25) is 0 Å². The first-order valence-corrected chi connectivity index (χ1v) is 10.9. The SMILES string of the molecule is CC(C)(C)CC(C(=O)OCCCCCC(=O)OCCCCCC(=O)O)C(C)(C)C. The van der Waals surface area contributed by atoms with Crippen LogP contribution in [0.5, 0.6) is 0 Å². The number of esters is 2. The Morgan fingerprint density at radius 1 is 0.759 bits per heavy atom. The number of hydrogen-bond acceptors (Lipinski definition) is 5. The Bertz CT molecular complexity index is 498. The molecule has 0 aromatic carbocycles. The normalized spacial score (nSPS) is 13.0. The summed E-state index contributed by atoms with van der Waals surface area (Å²) in [5.74, 6) is -1.28. The zero-order valence-electron chi connectivity index (χ0n) is 19.3. The lowest BCUT2D eigenvalue weighted by molar-refractivity contribution is -0.154. The number of carbonyl (C=O) groups excluding carboxylic acids is 2. The highest BCUT2D eigenvalue weighted by Gasteiger charge is 2.35. The number of aliphatic carboxylic acids is 1. The van der Waals surface area contributed by atoms with Crippen LogP contribution in [0.1, 0.15) is 99.3 Å². The molecule has 0 aliphatic heterocycles. The number of carboxylic acid groups (broad SMARTS) is 1. The van der Waals surface area contributed by atoms with Crippen LogP contribution in [0.4, 0.5) is 0 Å². The van der Waals surface area contributed by atoms with Crippen molar-refractivity contribution in [3.05, 3.63) is 0 Å². The van der Waals surface area contributed by atoms with Gasteiger partial charge >= 0.3 is 17.9 Å². The second kappa shape index (κ2) is 13.6. The molecule has 0 saturated heterocycles. The summed E-state index contributed by atoms with van der Waals surface area (Å²) < 4.78 is 10.6. The van der Waals surface area contributed by atoms with Gasteiger partial charge in [0.25, 0.3) is 0 Å². The summed E-state index contributed by atoms with van der Waals surface area (Å²) in [5.41, 5.74) is -0.0741. The van der Waals surface area contributed by atoms with Gasteiger partial charge in [0, 0.05) is 12.8 Å². The van der Waals surface area contributed by atoms with E-state index in [-0.39, 0.29) is 35.1 Å². The van der Waals surface area contributed by atoms with Crippen molar-refractivity contribution in [1.29, 1.82) is 0 Å². The molecule has 0 aliphatic rings. The Kier molecular flexibility index (Phi) is 12.9. The predicted octanol–water partition coefficient (Wildman–Crippen LogP) is 5.38. The standard InChI is InChI=1S/C23H42O6/c1-22(2,3)17-18(23(4,5)6)21(27)29-16-12-8-10-14-20(26)28-15-11-7-9-13-19(24)25/h18H,7-17H2,1-6H3,(H,24,25). The molecule has 0 spiro atoms. The third-order valence-corrected chi connectivity index (χ3v) is 4.71. The smallest absolute Gasteiger partial charge is 0.309 e. The van der Waals surface area contributed by atoms with Gasteiger partial charge < -0.3 is 14.6 Å². The second-order valence-corrected chi connectivity index (χ2v) is 10.1. The highest BCUT2D eigenvalue weighted by Crippen LogP contribution is 2.36. The molecule has 0 radical (unpaired) electrons. The average Bonchev–Trinajstić information content (AvgIpc) is 2.56. The van der Waals surface area contributed by atoms with E-state index in [1.165, 1.54) is 0 Å². The van der Waals surface area contributed by atoms with Crippen molar-refractivity contribution in [2.45, 2.75) is 99.3 Å². The van der Waals surface area contributed by atoms with Crippen LogP contribution in [0, 0.1) is 16.7 Å². The molecule has 1 atom stereocenters. The zero-order valence-corrected chi connectivity index (χ0v) is 19.3. The van der Waals surface area contributed by atoms with Crippen LogP contribution >= 0.6 is 0 Å². The number of unbranched alkanes of at least 4 members (excludes halogenated alkanes) is 4. The highest BCUT2D eigenvalue weighted by molar-refractivity contribution is 5.73. The van der Waals surface area contributed by atoms with Gasteiger partial charge in [0.05, 0.1) is 19.1 Å². The molecule has 0 saturated carbocycles. The third kappa shape index (κ3) is 16.0. The number of carboxylic acids is 1. The first-order chi connectivity index (χ1) is 13.3. The number of rotatable bonds is 14. The van der Waals surface area contributed by atoms with Gasteiger partial charge in [0.15, 0.2) is 0 Å². The first-order valence-electron chi connectivity index (χ1n) is 10.9. The molecule has 0 aliphatic carbocycles. The van der Waals surface area contributed by atoms with E-state index in [9.17, 15) is 14.4 Å². The van der Waals surface area contributed by atoms with Gasteiger partial charge in [-0.3, -0.25) is 14.4 Å². The molecule has 0 amide bonds. The second-order valence-electron chi connectivity index (χ2n) is 10.1. The van der Waals surface area contributed by atoms with Crippen molar-refractivity contribution in [3.8, 4) is 0 Å². The van der Waals surface area contributed by atoms with Crippen LogP contribution in [-0.4, -0.2) is 36.2 Å². The number of ether oxygens (including phenoxy) is 2. The Morgan fingerprint density at radius 2 is 1.28 bits per heavy atom. The van der Waals surface area contributed by atoms with E-state index in [0.717, 1.165) is 25.7 Å². The highest BCUT2D eigenvalue weighted by atomic mass is 16.5. The summed E-state index contributed by atoms with van der Waals surface area (Å²) in [5, 5.41) is 8.54. The van der Waals surface area contributed by atoms with E-state index < -0.39 is 5.97 Å². The average molecular weight is 415 g/mol. The van der Waals surface area contributed by atoms with Crippen LogP contribution in [0.2, 0.25) is 0 Å². The molecule has 1 unspecified atom stereocenters. The maximum Gasteiger partial charge on any atom is 0.309 e. The van der Waals surface area contributed by atoms with Gasteiger partial charge in [-0.2, -0.15) is 0 Å². The Labute approximate surface area is 176 Å². The maximum absolute atomic E-state index is 12.5. The topological polar surface area (TPSA) is 89.9 Å². The van der Waals surface area contributed by atoms with Crippen molar-refractivity contribution in [1.82, 2.24) is 0 Å². The fourth-order valence-electron chi connectivity index (χ4n) is 2.99. The van der Waals surface area contributed by atoms with Crippen molar-refractivity contribution < 1.29 is 29.0 Å². The lowest BCUT2D eigenvalue weighted by Crippen LogP contribution is -2.33. The summed E-state index contributed by atoms with van der Waals surface area (Å²) in [4.78, 5) is 34.6. The van der Waals surface area contributed by atoms with E-state index in [0.29, 0.717) is 38.9 Å². The minimum Gasteiger partial charge on any atom is -0.481 e. The largest absolute Gasteiger partial charge is 0.481 e. The lowest BCUT2D eigenvalue weighted by Gasteiger charge is -2.33. The van der Waals surface area contributed by atoms with E-state index in [1.807, 2.05) is 0 Å². The van der Waals surface area contributed by atoms with Crippen LogP contribution < -0.4 is 0 Å². The summed E-state index contributed by atoms with van der Waals surface area (Å²) in [6.07, 6.45) is 5.60. The third-order valence-electron chi connectivity index (χ3n) is 4.71. The van der Waals surface area contributed by atoms with Crippen molar-refractivity contribution >= 4 is 17.9 Å². The fourth-order valence-corrected chi connectivity index (χ4v) is 2.99. The van der Waals surface area contributed by atoms with Gasteiger partial charge in [0.1, 0.15) is 0 Å². The summed E-state index contributed by atoms with van der Waals surface area (Å²) >= 11 is 0. The minimum atomic E-state index is -0.796. The lowest BCUT2D eigenvalue weighted by atomic mass is 9.72. The van der Waals surface area contributed by atoms with Crippen molar-refractivity contribution in [3.63, 3.8) is 0 Å². The number of carbonyl (C=O) groups is 3. The molecule has 0 aromatic rings. The molecule has 6 heteroatoms. The summed E-state index contributed by atoms with van der Waals surface area (Å²) in [6.45, 7) is 13.3. The predicted molar refractivity (Wildman–Crippen MR) is 114 cm³/mol. The molecule has 1 N–H and O–H groups in total. The Balaban J connectivity index is 3.87. The van der Waals surface area contributed by atoms with Crippen LogP contribution in [-0.2, 0) is 23.9 Å². The fraction of sp³-hybridized carbons (Fsp3) is 0.870. The van der Waals surface area contributed by atoms with E-state index in [2.05, 4.69) is 41.5 Å². The minimum absolute atomic E-state index is 0.0631. The Hall–Kier alpha value is -1.59. The van der Waals surface area contributed by atoms with E-state index in [4.69, 9.17) is 14.6 Å². The monoisotopic (exact) mass is 414 g/mol. The van der Waals surface area contributed by atoms with Gasteiger partial charge in [-0.1, -0.05) is 41.5 Å². The molecule has 0 rings (SSSR count). The van der Waals surface area contributed by atoms with Crippen LogP contribution in [0.15, 0.2) is 0 Å². The van der Waals surface area contributed by atoms with E-state index >= 15 is 0 Å². The van der Waals surface area contributed by atoms with Crippen LogP contribution in [0.3, 0.4) is 0 Å². The molecule has 0 heterocycles. The zero-order chi connectivity index (χ0) is 22.5. The Morgan fingerprint density at radius 3 is 1.76 bits per heavy atom. The van der Waals surface area contributed by atoms with Gasteiger partial charge in [-0.05, 0) is 55.8 Å². The van der Waals surface area contributed by atoms with E-state index in [1.54, 1.807) is 0 Å². The maximum atomic E-state index is 12.5. The van der Waals surface area contributed by atoms with Gasteiger partial charge in [-0.25, -0.2) is 0 Å². The molecule has 29 heavy (non-hydrogen) atoms. The molecule has 0 bridgehead atoms. The molecule has 0 aromatic heterocycles. The van der Waals surface area contributed by atoms with Gasteiger partial charge in [-0.15, -0.1) is 0 Å². The molecular weight excluding hydrogens is 372 g/mol. The molecule has 0 fully saturated rings. The van der Waals surface area contributed by atoms with Crippen LogP contribution in [0.25, 0.3) is 0 Å². The van der Waals surface area contributed by atoms with Crippen molar-refractivity contribution in [2.24, 2.45) is 16.7 Å². The summed E-state index contributed by atoms with van der Waals surface area (Å²) in [7, 11) is 0. The number of hydrogen-bond donors (Lipinski definition) is 1. The first kappa shape index (κ1) is 27.4.